The number of aliphatic hydroxyl groups is 1. The van der Waals surface area contributed by atoms with Gasteiger partial charge in [-0.3, -0.25) is 57.5 Å². The number of nitrogens with two attached hydrogens (primary N) is 4. The summed E-state index contributed by atoms with van der Waals surface area (Å²) < 4.78 is 0. The number of carbonyl (C=O) groups is 13. The lowest BCUT2D eigenvalue weighted by atomic mass is 9.97. The summed E-state index contributed by atoms with van der Waals surface area (Å²) in [7, 11) is 0. The monoisotopic (exact) mass is 1200 g/mol. The Morgan fingerprint density at radius 1 is 0.459 bits per heavy atom. The molecule has 0 heterocycles. The van der Waals surface area contributed by atoms with Crippen molar-refractivity contribution in [2.75, 3.05) is 13.2 Å². The Labute approximate surface area is 492 Å². The largest absolute Gasteiger partial charge is 0.481 e. The molecule has 0 saturated heterocycles. The van der Waals surface area contributed by atoms with Gasteiger partial charge >= 0.3 is 11.9 Å². The number of unbranched alkanes of at least 4 members (excludes halogenated alkanes) is 1. The highest BCUT2D eigenvalue weighted by Crippen LogP contribution is 2.13. The van der Waals surface area contributed by atoms with Crippen molar-refractivity contribution in [3.8, 4) is 0 Å². The maximum Gasteiger partial charge on any atom is 0.326 e. The molecule has 11 atom stereocenters. The molecule has 0 bridgehead atoms. The SMILES string of the molecule is CC[C@H](C)[C@H](NC(=O)[C@H](CCCCN)NC(=O)[C@H](C)NC(=O)[C@@H](NC(=O)[C@H](CCC(=O)O)NC(=O)[C@H](Cc1ccccc1)NC(=O)[C@@H](N)Cc1ccccc1)C(C)C)C(=O)N[C@@H](CO)C(=O)N[C@@H](CCC(N)=O)C(=O)N[C@@H](CCC(N)=O)C(=O)O. The van der Waals surface area contributed by atoms with Crippen molar-refractivity contribution >= 4 is 76.9 Å². The normalized spacial score (nSPS) is 14.9. The minimum atomic E-state index is -1.80. The highest BCUT2D eigenvalue weighted by atomic mass is 16.4. The molecule has 0 unspecified atom stereocenters. The third-order valence-electron chi connectivity index (χ3n) is 13.6. The Bertz CT molecular complexity index is 2600. The van der Waals surface area contributed by atoms with Crippen molar-refractivity contribution in [2.45, 2.75) is 172 Å². The van der Waals surface area contributed by atoms with Crippen LogP contribution in [0.2, 0.25) is 0 Å². The van der Waals surface area contributed by atoms with Crippen molar-refractivity contribution in [3.05, 3.63) is 71.8 Å². The minimum Gasteiger partial charge on any atom is -0.481 e. The summed E-state index contributed by atoms with van der Waals surface area (Å²) in [6.45, 7) is 6.83. The molecule has 85 heavy (non-hydrogen) atoms. The molecule has 0 saturated carbocycles. The molecule has 0 aliphatic carbocycles. The lowest BCUT2D eigenvalue weighted by molar-refractivity contribution is -0.143. The molecule has 470 valence electrons. The molecule has 29 nitrogen and oxygen atoms in total. The van der Waals surface area contributed by atoms with Crippen molar-refractivity contribution < 1.29 is 77.6 Å². The fraction of sp³-hybridized carbons (Fsp3) is 0.554. The van der Waals surface area contributed by atoms with Crippen molar-refractivity contribution in [1.82, 2.24) is 47.9 Å². The zero-order valence-electron chi connectivity index (χ0n) is 48.6. The number of aliphatic carboxylic acids is 2. The van der Waals surface area contributed by atoms with Crippen molar-refractivity contribution in [2.24, 2.45) is 34.8 Å². The Kier molecular flexibility index (Phi) is 32.1. The minimum absolute atomic E-state index is 0.0313. The van der Waals surface area contributed by atoms with Crippen molar-refractivity contribution in [1.29, 1.82) is 0 Å². The average molecular weight is 1200 g/mol. The van der Waals surface area contributed by atoms with Crippen LogP contribution in [-0.4, -0.2) is 166 Å². The quantitative estimate of drug-likeness (QED) is 0.0288. The van der Waals surface area contributed by atoms with E-state index in [0.29, 0.717) is 12.0 Å². The Balaban J connectivity index is 2.31. The van der Waals surface area contributed by atoms with Gasteiger partial charge in [0.2, 0.25) is 65.0 Å². The second-order valence-corrected chi connectivity index (χ2v) is 20.9. The molecule has 2 rings (SSSR count). The Morgan fingerprint density at radius 3 is 1.35 bits per heavy atom. The molecule has 11 amide bonds. The van der Waals surface area contributed by atoms with Crippen LogP contribution in [-0.2, 0) is 75.2 Å². The van der Waals surface area contributed by atoms with Crippen LogP contribution in [0.4, 0.5) is 0 Å². The van der Waals surface area contributed by atoms with E-state index in [1.165, 1.54) is 6.92 Å². The van der Waals surface area contributed by atoms with Gasteiger partial charge in [0.05, 0.1) is 12.6 Å². The summed E-state index contributed by atoms with van der Waals surface area (Å²) in [6, 6.07) is 2.95. The number of nitrogens with one attached hydrogen (secondary N) is 9. The highest BCUT2D eigenvalue weighted by molar-refractivity contribution is 5.99. The molecule has 29 heteroatoms. The van der Waals surface area contributed by atoms with Crippen LogP contribution in [0, 0.1) is 11.8 Å². The maximum atomic E-state index is 14.1. The van der Waals surface area contributed by atoms with Crippen LogP contribution < -0.4 is 70.8 Å². The number of benzene rings is 2. The van der Waals surface area contributed by atoms with Gasteiger partial charge in [-0.05, 0) is 81.4 Å². The summed E-state index contributed by atoms with van der Waals surface area (Å²) in [4.78, 5) is 171. The standard InChI is InChI=1S/C56H85N13O16/c1-6-31(4)46(55(83)67-41(29-70)53(81)64-37(20-23-42(59)71)49(77)65-39(56(84)85)21-24-43(60)72)69-50(78)36(19-13-14-26-57)62-47(75)32(5)61-54(82)45(30(2)3)68-51(79)38(22-25-44(73)74)63-52(80)40(28-34-17-11-8-12-18-34)66-48(76)35(58)27-33-15-9-7-10-16-33/h7-12,15-18,30-32,35-41,45-46,70H,6,13-14,19-29,57-58H2,1-5H3,(H2,59,71)(H2,60,72)(H,61,82)(H,62,75)(H,63,80)(H,64,81)(H,65,77)(H,66,76)(H,67,83)(H,68,79)(H,69,78)(H,73,74)(H,84,85)/t31-,32-,35-,36-,37-,38-,39-,40-,41-,45-,46-/m0/s1. The first-order valence-corrected chi connectivity index (χ1v) is 28.0. The number of primary amides is 2. The number of carboxylic acid groups (broad SMARTS) is 2. The van der Waals surface area contributed by atoms with E-state index in [-0.39, 0.29) is 38.6 Å². The smallest absolute Gasteiger partial charge is 0.326 e. The van der Waals surface area contributed by atoms with E-state index in [4.69, 9.17) is 22.9 Å². The molecule has 20 N–H and O–H groups in total. The van der Waals surface area contributed by atoms with E-state index in [1.54, 1.807) is 88.4 Å². The van der Waals surface area contributed by atoms with Crippen LogP contribution in [0.1, 0.15) is 110 Å². The number of hydrogen-bond donors (Lipinski definition) is 16. The van der Waals surface area contributed by atoms with Gasteiger partial charge in [-0.15, -0.1) is 0 Å². The summed E-state index contributed by atoms with van der Waals surface area (Å²) in [5, 5.41) is 51.6. The van der Waals surface area contributed by atoms with Crippen LogP contribution >= 0.6 is 0 Å². The first-order chi connectivity index (χ1) is 40.1. The second-order valence-electron chi connectivity index (χ2n) is 20.9. The topological polar surface area (TPSA) is 495 Å². The molecule has 0 aromatic heterocycles. The fourth-order valence-corrected chi connectivity index (χ4v) is 8.38. The number of rotatable bonds is 40. The molecule has 0 radical (unpaired) electrons. The number of aliphatic hydroxyl groups excluding tert-OH is 1. The van der Waals surface area contributed by atoms with E-state index in [2.05, 4.69) is 47.9 Å². The number of carbonyl (C=O) groups excluding carboxylic acids is 11. The molecule has 2 aromatic rings. The van der Waals surface area contributed by atoms with E-state index in [9.17, 15) is 77.6 Å². The van der Waals surface area contributed by atoms with Gasteiger partial charge in [-0.1, -0.05) is 94.8 Å². The van der Waals surface area contributed by atoms with Gasteiger partial charge in [0.1, 0.15) is 54.4 Å². The van der Waals surface area contributed by atoms with Gasteiger partial charge in [0.25, 0.3) is 0 Å². The van der Waals surface area contributed by atoms with E-state index in [0.717, 1.165) is 5.56 Å². The summed E-state index contributed by atoms with van der Waals surface area (Å²) in [6.07, 6.45) is -1.81. The number of carboxylic acids is 2. The summed E-state index contributed by atoms with van der Waals surface area (Å²) in [5.41, 5.74) is 23.7. The molecular weight excluding hydrogens is 1110 g/mol. The molecule has 0 aliphatic rings. The second kappa shape index (κ2) is 37.6. The van der Waals surface area contributed by atoms with Gasteiger partial charge in [-0.2, -0.15) is 0 Å². The van der Waals surface area contributed by atoms with Crippen LogP contribution in [0.5, 0.6) is 0 Å². The molecule has 0 spiro atoms. The molecule has 2 aromatic carbocycles. The number of hydrogen-bond acceptors (Lipinski definition) is 16. The average Bonchev–Trinajstić information content (AvgIpc) is 3.45. The first kappa shape index (κ1) is 72.5. The van der Waals surface area contributed by atoms with Gasteiger partial charge < -0.3 is 86.1 Å². The molecule has 0 fully saturated rings. The number of amides is 11. The van der Waals surface area contributed by atoms with E-state index < -0.39 is 194 Å². The lowest BCUT2D eigenvalue weighted by Crippen LogP contribution is -2.61. The third kappa shape index (κ3) is 26.7. The van der Waals surface area contributed by atoms with Crippen LogP contribution in [0.25, 0.3) is 0 Å². The van der Waals surface area contributed by atoms with Crippen molar-refractivity contribution in [3.63, 3.8) is 0 Å². The zero-order chi connectivity index (χ0) is 63.9. The van der Waals surface area contributed by atoms with Gasteiger partial charge in [0, 0.05) is 25.7 Å². The van der Waals surface area contributed by atoms with E-state index in [1.807, 2.05) is 0 Å². The molecular formula is C56H85N13O16. The Morgan fingerprint density at radius 2 is 0.871 bits per heavy atom. The Hall–Kier alpha value is -8.57. The van der Waals surface area contributed by atoms with E-state index >= 15 is 0 Å². The predicted octanol–water partition coefficient (Wildman–Crippen LogP) is -3.51. The lowest BCUT2D eigenvalue weighted by Gasteiger charge is -2.29. The summed E-state index contributed by atoms with van der Waals surface area (Å²) >= 11 is 0. The van der Waals surface area contributed by atoms with Gasteiger partial charge in [0.15, 0.2) is 0 Å². The third-order valence-corrected chi connectivity index (χ3v) is 13.6. The predicted molar refractivity (Wildman–Crippen MR) is 307 cm³/mol. The van der Waals surface area contributed by atoms with Crippen LogP contribution in [0.15, 0.2) is 60.7 Å². The zero-order valence-corrected chi connectivity index (χ0v) is 48.6. The van der Waals surface area contributed by atoms with Gasteiger partial charge in [-0.25, -0.2) is 4.79 Å². The first-order valence-electron chi connectivity index (χ1n) is 28.0. The van der Waals surface area contributed by atoms with Crippen LogP contribution in [0.3, 0.4) is 0 Å². The summed E-state index contributed by atoms with van der Waals surface area (Å²) in [5.74, 6) is -14.4. The molecule has 0 aliphatic heterocycles. The highest BCUT2D eigenvalue weighted by Gasteiger charge is 2.37. The fourth-order valence-electron chi connectivity index (χ4n) is 8.38. The maximum absolute atomic E-state index is 14.1.